The van der Waals surface area contributed by atoms with Crippen molar-refractivity contribution in [3.63, 3.8) is 0 Å². The van der Waals surface area contributed by atoms with Crippen LogP contribution in [0.3, 0.4) is 0 Å². The predicted octanol–water partition coefficient (Wildman–Crippen LogP) is 3.76. The highest BCUT2D eigenvalue weighted by molar-refractivity contribution is 4.84. The molecule has 0 saturated carbocycles. The van der Waals surface area contributed by atoms with Gasteiger partial charge in [0.2, 0.25) is 0 Å². The Bertz CT molecular complexity index is 103. The smallest absolute Gasteiger partial charge is 0.0202 e. The number of allylic oxidation sites excluding steroid dienone is 2. The lowest BCUT2D eigenvalue weighted by Crippen LogP contribution is -1.93. The Morgan fingerprint density at radius 1 is 1.18 bits per heavy atom. The summed E-state index contributed by atoms with van der Waals surface area (Å²) >= 11 is 0. The zero-order chi connectivity index (χ0) is 8.53. The summed E-state index contributed by atoms with van der Waals surface area (Å²) in [5, 5.41) is 0. The molecule has 0 aromatic rings. The molecule has 0 aliphatic rings. The van der Waals surface area contributed by atoms with Gasteiger partial charge in [0, 0.05) is 0 Å². The van der Waals surface area contributed by atoms with Crippen LogP contribution >= 0.6 is 0 Å². The highest BCUT2D eigenvalue weighted by Gasteiger charge is 1.99. The van der Waals surface area contributed by atoms with Crippen LogP contribution in [0.5, 0.6) is 0 Å². The van der Waals surface area contributed by atoms with Gasteiger partial charge in [0.05, 0.1) is 0 Å². The summed E-state index contributed by atoms with van der Waals surface area (Å²) in [6, 6.07) is 0. The van der Waals surface area contributed by atoms with E-state index in [0.717, 1.165) is 12.8 Å². The first-order valence-corrected chi connectivity index (χ1v) is 4.37. The highest BCUT2D eigenvalue weighted by Crippen LogP contribution is 2.14. The predicted molar refractivity (Wildman–Crippen MR) is 52.3 cm³/mol. The Kier molecular flexibility index (Phi) is 7.23. The Labute approximate surface area is 71.0 Å². The van der Waals surface area contributed by atoms with Gasteiger partial charge in [-0.25, -0.2) is 0 Å². The number of hydrogen-bond donors (Lipinski definition) is 0. The normalized spacial score (nSPS) is 12.5. The fraction of sp³-hybridized carbons (Fsp3) is 0.545. The Hall–Kier alpha value is -0.520. The van der Waals surface area contributed by atoms with E-state index in [1.54, 1.807) is 0 Å². The van der Waals surface area contributed by atoms with Crippen LogP contribution in [0.15, 0.2) is 25.3 Å². The van der Waals surface area contributed by atoms with Crippen LogP contribution in [0.25, 0.3) is 0 Å². The van der Waals surface area contributed by atoms with E-state index in [0.29, 0.717) is 5.92 Å². The van der Waals surface area contributed by atoms with Gasteiger partial charge in [-0.3, -0.25) is 0 Å². The van der Waals surface area contributed by atoms with Crippen molar-refractivity contribution in [1.29, 1.82) is 0 Å². The first-order chi connectivity index (χ1) is 5.35. The molecule has 0 saturated heterocycles. The van der Waals surface area contributed by atoms with Gasteiger partial charge in [0.15, 0.2) is 0 Å². The van der Waals surface area contributed by atoms with Gasteiger partial charge in [-0.15, -0.1) is 13.2 Å². The quantitative estimate of drug-likeness (QED) is 0.384. The third-order valence-corrected chi connectivity index (χ3v) is 1.88. The first kappa shape index (κ1) is 10.5. The molecule has 0 aromatic carbocycles. The first-order valence-electron chi connectivity index (χ1n) is 4.37. The molecule has 0 aliphatic carbocycles. The fourth-order valence-electron chi connectivity index (χ4n) is 1.13. The number of rotatable bonds is 7. The zero-order valence-corrected chi connectivity index (χ0v) is 7.39. The minimum atomic E-state index is 0.638. The molecular formula is C11H19. The van der Waals surface area contributed by atoms with Crippen molar-refractivity contribution in [3.8, 4) is 0 Å². The largest absolute Gasteiger partial charge is 0.103 e. The summed E-state index contributed by atoms with van der Waals surface area (Å²) in [5.41, 5.74) is 0. The summed E-state index contributed by atoms with van der Waals surface area (Å²) in [4.78, 5) is 0. The van der Waals surface area contributed by atoms with Crippen LogP contribution in [0.1, 0.15) is 32.1 Å². The number of unbranched alkanes of at least 4 members (excludes halogenated alkanes) is 2. The van der Waals surface area contributed by atoms with Crippen LogP contribution in [-0.4, -0.2) is 0 Å². The Morgan fingerprint density at radius 2 is 1.91 bits per heavy atom. The molecule has 1 unspecified atom stereocenters. The van der Waals surface area contributed by atoms with E-state index >= 15 is 0 Å². The molecule has 0 heteroatoms. The van der Waals surface area contributed by atoms with Gasteiger partial charge in [-0.1, -0.05) is 38.3 Å². The molecule has 0 N–H and O–H groups in total. The maximum Gasteiger partial charge on any atom is -0.0202 e. The Balaban J connectivity index is 3.35. The third-order valence-electron chi connectivity index (χ3n) is 1.88. The van der Waals surface area contributed by atoms with Crippen LogP contribution in [0, 0.1) is 12.8 Å². The van der Waals surface area contributed by atoms with E-state index in [1.165, 1.54) is 19.3 Å². The monoisotopic (exact) mass is 151 g/mol. The maximum absolute atomic E-state index is 3.81. The molecule has 0 bridgehead atoms. The second kappa shape index (κ2) is 7.59. The molecule has 0 aromatic heterocycles. The van der Waals surface area contributed by atoms with Crippen molar-refractivity contribution in [1.82, 2.24) is 0 Å². The number of hydrogen-bond acceptors (Lipinski definition) is 0. The summed E-state index contributed by atoms with van der Waals surface area (Å²) in [7, 11) is 0. The minimum absolute atomic E-state index is 0.638. The molecule has 0 fully saturated rings. The topological polar surface area (TPSA) is 0 Å². The minimum Gasteiger partial charge on any atom is -0.103 e. The molecule has 0 nitrogen and oxygen atoms in total. The molecule has 1 radical (unpaired) electrons. The molecule has 0 heterocycles. The second-order valence-electron chi connectivity index (χ2n) is 2.87. The van der Waals surface area contributed by atoms with Crippen molar-refractivity contribution in [3.05, 3.63) is 32.2 Å². The van der Waals surface area contributed by atoms with Crippen molar-refractivity contribution in [2.45, 2.75) is 32.1 Å². The van der Waals surface area contributed by atoms with Crippen molar-refractivity contribution in [2.24, 2.45) is 5.92 Å². The molecule has 0 spiro atoms. The molecule has 0 rings (SSSR count). The van der Waals surface area contributed by atoms with Gasteiger partial charge in [-0.2, -0.15) is 0 Å². The van der Waals surface area contributed by atoms with Crippen LogP contribution < -0.4 is 0 Å². The average Bonchev–Trinajstić information content (AvgIpc) is 2.03. The van der Waals surface area contributed by atoms with Crippen LogP contribution in [0.2, 0.25) is 0 Å². The molecular weight excluding hydrogens is 132 g/mol. The lowest BCUT2D eigenvalue weighted by Gasteiger charge is -2.07. The average molecular weight is 151 g/mol. The van der Waals surface area contributed by atoms with Gasteiger partial charge in [0.1, 0.15) is 0 Å². The molecule has 63 valence electrons. The lowest BCUT2D eigenvalue weighted by atomic mass is 9.98. The highest BCUT2D eigenvalue weighted by atomic mass is 14.0. The molecule has 0 amide bonds. The van der Waals surface area contributed by atoms with Gasteiger partial charge >= 0.3 is 0 Å². The standard InChI is InChI=1S/C11H19/c1-4-7-8-10-11(6-3)9-5-2/h5-6,11H,1-4,7-10H2. The van der Waals surface area contributed by atoms with Crippen molar-refractivity contribution in [2.75, 3.05) is 0 Å². The van der Waals surface area contributed by atoms with Gasteiger partial charge < -0.3 is 0 Å². The SMILES string of the molecule is [CH2]CCCCC(C=C)CC=C. The van der Waals surface area contributed by atoms with E-state index in [9.17, 15) is 0 Å². The molecule has 11 heavy (non-hydrogen) atoms. The van der Waals surface area contributed by atoms with Gasteiger partial charge in [-0.05, 0) is 18.8 Å². The molecule has 0 aliphatic heterocycles. The van der Waals surface area contributed by atoms with Crippen LogP contribution in [-0.2, 0) is 0 Å². The maximum atomic E-state index is 3.81. The zero-order valence-electron chi connectivity index (χ0n) is 7.39. The van der Waals surface area contributed by atoms with Crippen LogP contribution in [0.4, 0.5) is 0 Å². The van der Waals surface area contributed by atoms with Gasteiger partial charge in [0.25, 0.3) is 0 Å². The second-order valence-corrected chi connectivity index (χ2v) is 2.87. The summed E-state index contributed by atoms with van der Waals surface area (Å²) in [5.74, 6) is 0.638. The lowest BCUT2D eigenvalue weighted by molar-refractivity contribution is 0.552. The summed E-state index contributed by atoms with van der Waals surface area (Å²) < 4.78 is 0. The Morgan fingerprint density at radius 3 is 2.36 bits per heavy atom. The van der Waals surface area contributed by atoms with E-state index in [1.807, 2.05) is 12.2 Å². The van der Waals surface area contributed by atoms with Crippen molar-refractivity contribution < 1.29 is 0 Å². The summed E-state index contributed by atoms with van der Waals surface area (Å²) in [6.07, 6.45) is 9.88. The van der Waals surface area contributed by atoms with E-state index in [4.69, 9.17) is 0 Å². The molecule has 1 atom stereocenters. The van der Waals surface area contributed by atoms with Crippen molar-refractivity contribution >= 4 is 0 Å². The summed E-state index contributed by atoms with van der Waals surface area (Å²) in [6.45, 7) is 11.3. The fourth-order valence-corrected chi connectivity index (χ4v) is 1.13. The third kappa shape index (κ3) is 5.90. The van der Waals surface area contributed by atoms with E-state index < -0.39 is 0 Å². The van der Waals surface area contributed by atoms with E-state index in [-0.39, 0.29) is 0 Å². The van der Waals surface area contributed by atoms with E-state index in [2.05, 4.69) is 20.1 Å².